The van der Waals surface area contributed by atoms with Crippen molar-refractivity contribution >= 4 is 11.3 Å². The average molecular weight is 238 g/mol. The molecule has 1 aromatic carbocycles. The monoisotopic (exact) mass is 238 g/mol. The lowest BCUT2D eigenvalue weighted by atomic mass is 10.2. The van der Waals surface area contributed by atoms with Crippen LogP contribution in [0.25, 0.3) is 0 Å². The minimum Gasteiger partial charge on any atom is -0.493 e. The number of benzene rings is 1. The number of hydrogen-bond acceptors (Lipinski definition) is 6. The zero-order chi connectivity index (χ0) is 11.4. The van der Waals surface area contributed by atoms with E-state index in [0.717, 1.165) is 5.56 Å². The maximum Gasteiger partial charge on any atom is 0.299 e. The highest BCUT2D eigenvalue weighted by molar-refractivity contribution is 7.11. The number of rotatable bonds is 4. The first kappa shape index (κ1) is 10.8. The van der Waals surface area contributed by atoms with Gasteiger partial charge < -0.3 is 14.6 Å². The van der Waals surface area contributed by atoms with Gasteiger partial charge in [0.15, 0.2) is 11.5 Å². The van der Waals surface area contributed by atoms with Crippen molar-refractivity contribution in [1.29, 1.82) is 0 Å². The van der Waals surface area contributed by atoms with Crippen molar-refractivity contribution in [2.24, 2.45) is 0 Å². The lowest BCUT2D eigenvalue weighted by molar-refractivity contribution is 0.280. The second-order valence-electron chi connectivity index (χ2n) is 2.95. The molecule has 0 unspecified atom stereocenters. The third-order valence-corrected chi connectivity index (χ3v) is 2.51. The number of hydrogen-bond donors (Lipinski definition) is 1. The van der Waals surface area contributed by atoms with Gasteiger partial charge in [0, 0.05) is 0 Å². The predicted molar refractivity (Wildman–Crippen MR) is 58.9 cm³/mol. The standard InChI is InChI=1S/C10H10N2O3S/c1-14-9-4-7(5-13)2-3-8(9)15-10-12-11-6-16-10/h2-4,6,13H,5H2,1H3. The summed E-state index contributed by atoms with van der Waals surface area (Å²) in [6.07, 6.45) is 0. The first-order valence-electron chi connectivity index (χ1n) is 4.55. The zero-order valence-electron chi connectivity index (χ0n) is 8.58. The highest BCUT2D eigenvalue weighted by Crippen LogP contribution is 2.32. The van der Waals surface area contributed by atoms with Crippen LogP contribution in [0.3, 0.4) is 0 Å². The van der Waals surface area contributed by atoms with Crippen LogP contribution in [0.4, 0.5) is 0 Å². The Morgan fingerprint density at radius 3 is 2.88 bits per heavy atom. The van der Waals surface area contributed by atoms with Crippen LogP contribution in [0.5, 0.6) is 16.7 Å². The molecule has 1 heterocycles. The van der Waals surface area contributed by atoms with E-state index in [-0.39, 0.29) is 6.61 Å². The van der Waals surface area contributed by atoms with Crippen molar-refractivity contribution in [3.8, 4) is 16.7 Å². The Balaban J connectivity index is 2.26. The largest absolute Gasteiger partial charge is 0.493 e. The lowest BCUT2D eigenvalue weighted by Gasteiger charge is -2.08. The second kappa shape index (κ2) is 4.91. The molecular weight excluding hydrogens is 228 g/mol. The molecule has 2 aromatic rings. The smallest absolute Gasteiger partial charge is 0.299 e. The predicted octanol–water partition coefficient (Wildman–Crippen LogP) is 1.83. The first-order chi connectivity index (χ1) is 7.83. The Kier molecular flexibility index (Phi) is 3.33. The molecule has 0 aliphatic rings. The van der Waals surface area contributed by atoms with Gasteiger partial charge in [-0.15, -0.1) is 5.10 Å². The van der Waals surface area contributed by atoms with Crippen LogP contribution < -0.4 is 9.47 Å². The summed E-state index contributed by atoms with van der Waals surface area (Å²) in [6, 6.07) is 5.21. The fraction of sp³-hybridized carbons (Fsp3) is 0.200. The molecular formula is C10H10N2O3S. The van der Waals surface area contributed by atoms with Gasteiger partial charge in [0.05, 0.1) is 13.7 Å². The molecule has 0 aliphatic carbocycles. The SMILES string of the molecule is COc1cc(CO)ccc1Oc1nncs1. The summed E-state index contributed by atoms with van der Waals surface area (Å²) in [6.45, 7) is -0.0323. The van der Waals surface area contributed by atoms with E-state index in [1.807, 2.05) is 0 Å². The number of nitrogens with zero attached hydrogens (tertiary/aromatic N) is 2. The van der Waals surface area contributed by atoms with Gasteiger partial charge in [0.2, 0.25) is 0 Å². The molecule has 16 heavy (non-hydrogen) atoms. The Morgan fingerprint density at radius 2 is 2.25 bits per heavy atom. The molecule has 0 fully saturated rings. The van der Waals surface area contributed by atoms with Gasteiger partial charge in [0.1, 0.15) is 5.51 Å². The van der Waals surface area contributed by atoms with E-state index in [9.17, 15) is 0 Å². The van der Waals surface area contributed by atoms with Gasteiger partial charge in [-0.25, -0.2) is 0 Å². The van der Waals surface area contributed by atoms with Crippen LogP contribution in [-0.4, -0.2) is 22.4 Å². The fourth-order valence-electron chi connectivity index (χ4n) is 1.20. The minimum absolute atomic E-state index is 0.0323. The molecule has 0 radical (unpaired) electrons. The Bertz CT molecular complexity index is 459. The van der Waals surface area contributed by atoms with E-state index in [4.69, 9.17) is 14.6 Å². The summed E-state index contributed by atoms with van der Waals surface area (Å²) in [5, 5.41) is 16.9. The van der Waals surface area contributed by atoms with Gasteiger partial charge in [-0.05, 0) is 17.7 Å². The summed E-state index contributed by atoms with van der Waals surface area (Å²) in [5.74, 6) is 1.11. The van der Waals surface area contributed by atoms with E-state index >= 15 is 0 Å². The first-order valence-corrected chi connectivity index (χ1v) is 5.43. The zero-order valence-corrected chi connectivity index (χ0v) is 9.40. The number of aliphatic hydroxyl groups is 1. The van der Waals surface area contributed by atoms with Gasteiger partial charge >= 0.3 is 0 Å². The summed E-state index contributed by atoms with van der Waals surface area (Å²) < 4.78 is 10.6. The number of aliphatic hydroxyl groups excluding tert-OH is 1. The molecule has 0 spiro atoms. The summed E-state index contributed by atoms with van der Waals surface area (Å²) >= 11 is 1.30. The third-order valence-electron chi connectivity index (χ3n) is 1.95. The summed E-state index contributed by atoms with van der Waals surface area (Å²) in [4.78, 5) is 0. The Labute approximate surface area is 96.3 Å². The molecule has 84 valence electrons. The number of methoxy groups -OCH3 is 1. The van der Waals surface area contributed by atoms with Crippen molar-refractivity contribution in [2.45, 2.75) is 6.61 Å². The molecule has 0 aliphatic heterocycles. The molecule has 5 nitrogen and oxygen atoms in total. The molecule has 0 atom stereocenters. The molecule has 0 saturated carbocycles. The van der Waals surface area contributed by atoms with E-state index in [2.05, 4.69) is 10.2 Å². The Morgan fingerprint density at radius 1 is 1.38 bits per heavy atom. The highest BCUT2D eigenvalue weighted by atomic mass is 32.1. The quantitative estimate of drug-likeness (QED) is 0.880. The Hall–Kier alpha value is -1.66. The molecule has 0 saturated heterocycles. The van der Waals surface area contributed by atoms with Crippen molar-refractivity contribution in [3.05, 3.63) is 29.3 Å². The topological polar surface area (TPSA) is 64.5 Å². The lowest BCUT2D eigenvalue weighted by Crippen LogP contribution is -1.92. The van der Waals surface area contributed by atoms with Crippen LogP contribution in [0.15, 0.2) is 23.7 Å². The van der Waals surface area contributed by atoms with Crippen LogP contribution >= 0.6 is 11.3 Å². The molecule has 0 amide bonds. The maximum absolute atomic E-state index is 8.99. The molecule has 0 bridgehead atoms. The third kappa shape index (κ3) is 2.29. The van der Waals surface area contributed by atoms with Crippen molar-refractivity contribution in [2.75, 3.05) is 7.11 Å². The molecule has 6 heteroatoms. The summed E-state index contributed by atoms with van der Waals surface area (Å²) in [5.41, 5.74) is 2.35. The van der Waals surface area contributed by atoms with Crippen molar-refractivity contribution < 1.29 is 14.6 Å². The van der Waals surface area contributed by atoms with Crippen LogP contribution in [-0.2, 0) is 6.61 Å². The molecule has 1 N–H and O–H groups in total. The second-order valence-corrected chi connectivity index (χ2v) is 3.75. The minimum atomic E-state index is -0.0323. The fourth-order valence-corrected chi connectivity index (χ4v) is 1.61. The van der Waals surface area contributed by atoms with E-state index in [1.165, 1.54) is 11.3 Å². The van der Waals surface area contributed by atoms with Gasteiger partial charge in [0.25, 0.3) is 5.19 Å². The van der Waals surface area contributed by atoms with Gasteiger partial charge in [-0.3, -0.25) is 0 Å². The van der Waals surface area contributed by atoms with E-state index in [1.54, 1.807) is 30.8 Å². The molecule has 2 rings (SSSR count). The normalized spacial score (nSPS) is 10.1. The van der Waals surface area contributed by atoms with Crippen LogP contribution in [0, 0.1) is 0 Å². The number of ether oxygens (including phenoxy) is 2. The molecule has 1 aromatic heterocycles. The highest BCUT2D eigenvalue weighted by Gasteiger charge is 2.08. The van der Waals surface area contributed by atoms with E-state index in [0.29, 0.717) is 16.7 Å². The van der Waals surface area contributed by atoms with Gasteiger partial charge in [-0.1, -0.05) is 22.5 Å². The maximum atomic E-state index is 8.99. The van der Waals surface area contributed by atoms with Crippen LogP contribution in [0.2, 0.25) is 0 Å². The summed E-state index contributed by atoms with van der Waals surface area (Å²) in [7, 11) is 1.55. The van der Waals surface area contributed by atoms with Crippen LogP contribution in [0.1, 0.15) is 5.56 Å². The number of aromatic nitrogens is 2. The average Bonchev–Trinajstić information content (AvgIpc) is 2.82. The van der Waals surface area contributed by atoms with Gasteiger partial charge in [-0.2, -0.15) is 0 Å². The van der Waals surface area contributed by atoms with Crippen molar-refractivity contribution in [1.82, 2.24) is 10.2 Å². The van der Waals surface area contributed by atoms with E-state index < -0.39 is 0 Å². The van der Waals surface area contributed by atoms with Crippen molar-refractivity contribution in [3.63, 3.8) is 0 Å².